The summed E-state index contributed by atoms with van der Waals surface area (Å²) in [6.45, 7) is 14.7. The molecule has 0 saturated carbocycles. The molecule has 1 aromatic heterocycles. The zero-order valence-corrected chi connectivity index (χ0v) is 13.3. The van der Waals surface area contributed by atoms with E-state index >= 15 is 0 Å². The van der Waals surface area contributed by atoms with E-state index in [-0.39, 0.29) is 0 Å². The summed E-state index contributed by atoms with van der Waals surface area (Å²) < 4.78 is 0. The number of anilines is 1. The van der Waals surface area contributed by atoms with E-state index in [0.717, 1.165) is 50.1 Å². The SMILES string of the molecule is C=C(Cl)CN1CCN(c2cc(C)nc(C(C)C)n2)CC1. The number of hydrogen-bond donors (Lipinski definition) is 0. The van der Waals surface area contributed by atoms with Crippen molar-refractivity contribution in [2.75, 3.05) is 37.6 Å². The van der Waals surface area contributed by atoms with E-state index in [1.807, 2.05) is 6.92 Å². The molecule has 0 unspecified atom stereocenters. The van der Waals surface area contributed by atoms with Gasteiger partial charge in [-0.3, -0.25) is 4.90 Å². The lowest BCUT2D eigenvalue weighted by Gasteiger charge is -2.35. The first-order valence-electron chi connectivity index (χ1n) is 7.12. The van der Waals surface area contributed by atoms with Gasteiger partial charge >= 0.3 is 0 Å². The zero-order chi connectivity index (χ0) is 14.7. The molecule has 20 heavy (non-hydrogen) atoms. The molecule has 1 fully saturated rings. The third-order valence-corrected chi connectivity index (χ3v) is 3.59. The molecule has 110 valence electrons. The average Bonchev–Trinajstić information content (AvgIpc) is 2.38. The van der Waals surface area contributed by atoms with Crippen molar-refractivity contribution in [3.05, 3.63) is 29.2 Å². The zero-order valence-electron chi connectivity index (χ0n) is 12.6. The summed E-state index contributed by atoms with van der Waals surface area (Å²) in [5, 5.41) is 0.707. The van der Waals surface area contributed by atoms with E-state index in [9.17, 15) is 0 Å². The molecule has 0 spiro atoms. The lowest BCUT2D eigenvalue weighted by atomic mass is 10.2. The lowest BCUT2D eigenvalue weighted by Crippen LogP contribution is -2.47. The van der Waals surface area contributed by atoms with Gasteiger partial charge in [-0.05, 0) is 6.92 Å². The first kappa shape index (κ1) is 15.3. The van der Waals surface area contributed by atoms with Crippen LogP contribution >= 0.6 is 11.6 Å². The number of piperazine rings is 1. The molecule has 5 heteroatoms. The topological polar surface area (TPSA) is 32.3 Å². The van der Waals surface area contributed by atoms with Gasteiger partial charge in [0, 0.05) is 55.4 Å². The second kappa shape index (κ2) is 6.55. The Morgan fingerprint density at radius 3 is 2.50 bits per heavy atom. The van der Waals surface area contributed by atoms with Crippen molar-refractivity contribution in [2.24, 2.45) is 0 Å². The quantitative estimate of drug-likeness (QED) is 0.855. The van der Waals surface area contributed by atoms with Crippen LogP contribution in [-0.4, -0.2) is 47.6 Å². The monoisotopic (exact) mass is 294 g/mol. The highest BCUT2D eigenvalue weighted by atomic mass is 35.5. The Labute approximate surface area is 126 Å². The van der Waals surface area contributed by atoms with Crippen LogP contribution in [0.25, 0.3) is 0 Å². The number of aryl methyl sites for hydroxylation is 1. The number of hydrogen-bond acceptors (Lipinski definition) is 4. The van der Waals surface area contributed by atoms with E-state index in [1.165, 1.54) is 0 Å². The van der Waals surface area contributed by atoms with Crippen LogP contribution in [0.1, 0.15) is 31.3 Å². The van der Waals surface area contributed by atoms with Crippen LogP contribution in [0, 0.1) is 6.92 Å². The van der Waals surface area contributed by atoms with Crippen LogP contribution in [0.3, 0.4) is 0 Å². The van der Waals surface area contributed by atoms with Crippen LogP contribution in [-0.2, 0) is 0 Å². The molecular formula is C15H23ClN4. The van der Waals surface area contributed by atoms with Gasteiger partial charge in [-0.25, -0.2) is 9.97 Å². The Balaban J connectivity index is 2.05. The van der Waals surface area contributed by atoms with Gasteiger partial charge in [0.1, 0.15) is 11.6 Å². The number of aromatic nitrogens is 2. The molecule has 1 aromatic rings. The number of rotatable bonds is 4. The van der Waals surface area contributed by atoms with Crippen molar-refractivity contribution in [2.45, 2.75) is 26.7 Å². The standard InChI is InChI=1S/C15H23ClN4/c1-11(2)15-17-13(4)9-14(18-15)20-7-5-19(6-8-20)10-12(3)16/h9,11H,3,5-8,10H2,1-2,4H3. The number of nitrogens with zero attached hydrogens (tertiary/aromatic N) is 4. The van der Waals surface area contributed by atoms with Crippen LogP contribution in [0.15, 0.2) is 17.7 Å². The fourth-order valence-corrected chi connectivity index (χ4v) is 2.54. The van der Waals surface area contributed by atoms with Crippen molar-refractivity contribution in [3.63, 3.8) is 0 Å². The smallest absolute Gasteiger partial charge is 0.133 e. The molecule has 1 saturated heterocycles. The Hall–Kier alpha value is -1.13. The molecule has 4 nitrogen and oxygen atoms in total. The first-order chi connectivity index (χ1) is 9.45. The first-order valence-corrected chi connectivity index (χ1v) is 7.49. The Kier molecular flexibility index (Phi) is 5.00. The summed E-state index contributed by atoms with van der Waals surface area (Å²) in [7, 11) is 0. The second-order valence-corrected chi connectivity index (χ2v) is 6.20. The van der Waals surface area contributed by atoms with Crippen LogP contribution in [0.4, 0.5) is 5.82 Å². The fraction of sp³-hybridized carbons (Fsp3) is 0.600. The second-order valence-electron chi connectivity index (χ2n) is 5.66. The van der Waals surface area contributed by atoms with Crippen molar-refractivity contribution in [3.8, 4) is 0 Å². The van der Waals surface area contributed by atoms with Crippen molar-refractivity contribution in [1.29, 1.82) is 0 Å². The highest BCUT2D eigenvalue weighted by Crippen LogP contribution is 2.19. The average molecular weight is 295 g/mol. The summed E-state index contributed by atoms with van der Waals surface area (Å²) in [5.74, 6) is 2.33. The van der Waals surface area contributed by atoms with Gasteiger partial charge in [0.15, 0.2) is 0 Å². The van der Waals surface area contributed by atoms with E-state index in [1.54, 1.807) is 0 Å². The predicted octanol–water partition coefficient (Wildman–Crippen LogP) is 2.78. The minimum atomic E-state index is 0.356. The van der Waals surface area contributed by atoms with Gasteiger partial charge in [0.2, 0.25) is 0 Å². The van der Waals surface area contributed by atoms with E-state index in [0.29, 0.717) is 11.0 Å². The lowest BCUT2D eigenvalue weighted by molar-refractivity contribution is 0.281. The molecule has 0 aliphatic carbocycles. The van der Waals surface area contributed by atoms with E-state index in [4.69, 9.17) is 16.6 Å². The summed E-state index contributed by atoms with van der Waals surface area (Å²) >= 11 is 5.87. The predicted molar refractivity (Wildman–Crippen MR) is 84.5 cm³/mol. The molecule has 0 radical (unpaired) electrons. The Bertz CT molecular complexity index is 479. The van der Waals surface area contributed by atoms with Gasteiger partial charge in [-0.1, -0.05) is 32.0 Å². The van der Waals surface area contributed by atoms with E-state index in [2.05, 4.69) is 41.3 Å². The third-order valence-electron chi connectivity index (χ3n) is 3.47. The molecule has 2 heterocycles. The minimum Gasteiger partial charge on any atom is -0.354 e. The fourth-order valence-electron chi connectivity index (χ4n) is 2.37. The van der Waals surface area contributed by atoms with Crippen molar-refractivity contribution >= 4 is 17.4 Å². The summed E-state index contributed by atoms with van der Waals surface area (Å²) in [4.78, 5) is 13.9. The molecule has 0 atom stereocenters. The highest BCUT2D eigenvalue weighted by molar-refractivity contribution is 6.29. The normalized spacial score (nSPS) is 16.8. The van der Waals surface area contributed by atoms with Crippen molar-refractivity contribution in [1.82, 2.24) is 14.9 Å². The molecule has 2 rings (SSSR count). The van der Waals surface area contributed by atoms with Gasteiger partial charge in [-0.2, -0.15) is 0 Å². The van der Waals surface area contributed by atoms with Crippen molar-refractivity contribution < 1.29 is 0 Å². The van der Waals surface area contributed by atoms with Gasteiger partial charge in [-0.15, -0.1) is 0 Å². The third kappa shape index (κ3) is 3.93. The maximum absolute atomic E-state index is 5.87. The molecular weight excluding hydrogens is 272 g/mol. The maximum atomic E-state index is 5.87. The van der Waals surface area contributed by atoms with Gasteiger partial charge in [0.05, 0.1) is 0 Å². The summed E-state index contributed by atoms with van der Waals surface area (Å²) in [6, 6.07) is 2.07. The van der Waals surface area contributed by atoms with Crippen LogP contribution < -0.4 is 4.90 Å². The summed E-state index contributed by atoms with van der Waals surface area (Å²) in [6.07, 6.45) is 0. The highest BCUT2D eigenvalue weighted by Gasteiger charge is 2.19. The van der Waals surface area contributed by atoms with Gasteiger partial charge in [0.25, 0.3) is 0 Å². The van der Waals surface area contributed by atoms with Gasteiger partial charge < -0.3 is 4.90 Å². The molecule has 0 amide bonds. The molecule has 1 aliphatic rings. The minimum absolute atomic E-state index is 0.356. The Morgan fingerprint density at radius 1 is 1.30 bits per heavy atom. The molecule has 1 aliphatic heterocycles. The van der Waals surface area contributed by atoms with Crippen LogP contribution in [0.5, 0.6) is 0 Å². The van der Waals surface area contributed by atoms with Crippen LogP contribution in [0.2, 0.25) is 0 Å². The largest absolute Gasteiger partial charge is 0.354 e. The maximum Gasteiger partial charge on any atom is 0.133 e. The molecule has 0 N–H and O–H groups in total. The molecule has 0 aromatic carbocycles. The number of halogens is 1. The van der Waals surface area contributed by atoms with E-state index < -0.39 is 0 Å². The summed E-state index contributed by atoms with van der Waals surface area (Å²) in [5.41, 5.74) is 1.04. The Morgan fingerprint density at radius 2 is 1.95 bits per heavy atom. The molecule has 0 bridgehead atoms.